The van der Waals surface area contributed by atoms with Crippen LogP contribution in [0.5, 0.6) is 0 Å². The molecule has 0 fully saturated rings. The Hall–Kier alpha value is -0.430. The van der Waals surface area contributed by atoms with E-state index in [1.165, 1.54) is 22.7 Å². The van der Waals surface area contributed by atoms with E-state index in [0.29, 0.717) is 26.3 Å². The average Bonchev–Trinajstić information content (AvgIpc) is 2.83. The summed E-state index contributed by atoms with van der Waals surface area (Å²) in [4.78, 5) is 16.6. The molecule has 2 rings (SSSR count). The topological polar surface area (TPSA) is 50.2 Å². The SMILES string of the molecule is CCc1nc(-c2cc(Br)c(Cl)s2)sc1C(=O)O. The molecule has 0 unspecified atom stereocenters. The first kappa shape index (κ1) is 13.0. The van der Waals surface area contributed by atoms with Gasteiger partial charge in [0, 0.05) is 4.47 Å². The summed E-state index contributed by atoms with van der Waals surface area (Å²) in [5, 5.41) is 9.76. The van der Waals surface area contributed by atoms with Crippen LogP contribution in [0.2, 0.25) is 4.34 Å². The Bertz CT molecular complexity index is 559. The molecule has 0 aromatic carbocycles. The van der Waals surface area contributed by atoms with Crippen molar-refractivity contribution in [3.05, 3.63) is 25.4 Å². The summed E-state index contributed by atoms with van der Waals surface area (Å²) in [5.74, 6) is -0.924. The van der Waals surface area contributed by atoms with E-state index < -0.39 is 5.97 Å². The van der Waals surface area contributed by atoms with Crippen LogP contribution >= 0.6 is 50.2 Å². The summed E-state index contributed by atoms with van der Waals surface area (Å²) < 4.78 is 1.45. The Morgan fingerprint density at radius 1 is 1.59 bits per heavy atom. The number of carboxylic acids is 1. The number of hydrogen-bond donors (Lipinski definition) is 1. The molecule has 0 radical (unpaired) electrons. The van der Waals surface area contributed by atoms with Gasteiger partial charge < -0.3 is 5.11 Å². The third-order valence-corrected chi connectivity index (χ3v) is 5.81. The quantitative estimate of drug-likeness (QED) is 0.881. The van der Waals surface area contributed by atoms with Gasteiger partial charge in [-0.15, -0.1) is 22.7 Å². The maximum atomic E-state index is 11.0. The van der Waals surface area contributed by atoms with E-state index >= 15 is 0 Å². The van der Waals surface area contributed by atoms with Gasteiger partial charge in [-0.25, -0.2) is 9.78 Å². The highest BCUT2D eigenvalue weighted by Gasteiger charge is 2.18. The van der Waals surface area contributed by atoms with Crippen LogP contribution in [0.15, 0.2) is 10.5 Å². The first-order chi connectivity index (χ1) is 8.02. The predicted octanol–water partition coefficient (Wildman–Crippen LogP) is 4.55. The Balaban J connectivity index is 2.49. The third kappa shape index (κ3) is 2.54. The van der Waals surface area contributed by atoms with Gasteiger partial charge in [-0.05, 0) is 28.4 Å². The van der Waals surface area contributed by atoms with Crippen molar-refractivity contribution >= 4 is 56.2 Å². The lowest BCUT2D eigenvalue weighted by atomic mass is 10.3. The number of aromatic carboxylic acids is 1. The second-order valence-corrected chi connectivity index (χ2v) is 6.69. The lowest BCUT2D eigenvalue weighted by Crippen LogP contribution is -1.97. The molecule has 2 heterocycles. The second-order valence-electron chi connectivity index (χ2n) is 3.19. The molecule has 0 saturated heterocycles. The number of halogens is 2. The smallest absolute Gasteiger partial charge is 0.347 e. The van der Waals surface area contributed by atoms with E-state index in [4.69, 9.17) is 16.7 Å². The minimum atomic E-state index is -0.924. The van der Waals surface area contributed by atoms with Gasteiger partial charge in [0.2, 0.25) is 0 Å². The van der Waals surface area contributed by atoms with E-state index in [2.05, 4.69) is 20.9 Å². The Kier molecular flexibility index (Phi) is 3.87. The molecule has 90 valence electrons. The number of rotatable bonds is 3. The second kappa shape index (κ2) is 5.06. The van der Waals surface area contributed by atoms with Gasteiger partial charge in [-0.2, -0.15) is 0 Å². The van der Waals surface area contributed by atoms with E-state index in [9.17, 15) is 4.79 Å². The van der Waals surface area contributed by atoms with Crippen molar-refractivity contribution in [1.82, 2.24) is 4.98 Å². The van der Waals surface area contributed by atoms with Gasteiger partial charge in [-0.1, -0.05) is 18.5 Å². The molecule has 1 N–H and O–H groups in total. The minimum Gasteiger partial charge on any atom is -0.477 e. The number of hydrogen-bond acceptors (Lipinski definition) is 4. The van der Waals surface area contributed by atoms with Gasteiger partial charge in [-0.3, -0.25) is 0 Å². The van der Waals surface area contributed by atoms with Gasteiger partial charge in [0.1, 0.15) is 14.2 Å². The summed E-state index contributed by atoms with van der Waals surface area (Å²) in [6, 6.07) is 1.86. The first-order valence-electron chi connectivity index (χ1n) is 4.71. The largest absolute Gasteiger partial charge is 0.477 e. The minimum absolute atomic E-state index is 0.308. The van der Waals surface area contributed by atoms with Crippen LogP contribution in [0.3, 0.4) is 0 Å². The predicted molar refractivity (Wildman–Crippen MR) is 74.5 cm³/mol. The standard InChI is InChI=1S/C10H7BrClNO2S2/c1-2-5-7(10(14)15)17-9(13-5)6-3-4(11)8(12)16-6/h3H,2H2,1H3,(H,14,15). The maximum Gasteiger partial charge on any atom is 0.347 e. The molecule has 0 saturated carbocycles. The highest BCUT2D eigenvalue weighted by molar-refractivity contribution is 9.10. The molecule has 0 bridgehead atoms. The molecule has 0 aliphatic carbocycles. The van der Waals surface area contributed by atoms with Crippen LogP contribution in [-0.2, 0) is 6.42 Å². The highest BCUT2D eigenvalue weighted by atomic mass is 79.9. The highest BCUT2D eigenvalue weighted by Crippen LogP contribution is 2.40. The van der Waals surface area contributed by atoms with Crippen LogP contribution in [-0.4, -0.2) is 16.1 Å². The molecule has 0 amide bonds. The van der Waals surface area contributed by atoms with Crippen molar-refractivity contribution < 1.29 is 9.90 Å². The Labute approximate surface area is 119 Å². The average molecular weight is 353 g/mol. The van der Waals surface area contributed by atoms with E-state index in [-0.39, 0.29) is 0 Å². The normalized spacial score (nSPS) is 10.8. The maximum absolute atomic E-state index is 11.0. The van der Waals surface area contributed by atoms with Crippen molar-refractivity contribution in [1.29, 1.82) is 0 Å². The molecule has 2 aromatic rings. The fourth-order valence-electron chi connectivity index (χ4n) is 1.32. The van der Waals surface area contributed by atoms with Crippen molar-refractivity contribution in [2.24, 2.45) is 0 Å². The lowest BCUT2D eigenvalue weighted by Gasteiger charge is -1.89. The van der Waals surface area contributed by atoms with Gasteiger partial charge in [0.15, 0.2) is 0 Å². The van der Waals surface area contributed by atoms with E-state index in [0.717, 1.165) is 9.35 Å². The van der Waals surface area contributed by atoms with E-state index in [1.54, 1.807) is 0 Å². The van der Waals surface area contributed by atoms with Gasteiger partial charge >= 0.3 is 5.97 Å². The van der Waals surface area contributed by atoms with Crippen molar-refractivity contribution in [2.75, 3.05) is 0 Å². The summed E-state index contributed by atoms with van der Waals surface area (Å²) >= 11 is 11.9. The molecule has 2 aromatic heterocycles. The fourth-order valence-corrected chi connectivity index (χ4v) is 4.06. The van der Waals surface area contributed by atoms with Crippen LogP contribution in [0.1, 0.15) is 22.3 Å². The molecular weight excluding hydrogens is 346 g/mol. The monoisotopic (exact) mass is 351 g/mol. The molecular formula is C10H7BrClNO2S2. The van der Waals surface area contributed by atoms with Crippen LogP contribution < -0.4 is 0 Å². The van der Waals surface area contributed by atoms with Gasteiger partial charge in [0.25, 0.3) is 0 Å². The van der Waals surface area contributed by atoms with Crippen LogP contribution in [0.25, 0.3) is 9.88 Å². The zero-order valence-electron chi connectivity index (χ0n) is 8.66. The number of thiazole rings is 1. The lowest BCUT2D eigenvalue weighted by molar-refractivity contribution is 0.0701. The Morgan fingerprint density at radius 2 is 2.29 bits per heavy atom. The number of nitrogens with zero attached hydrogens (tertiary/aromatic N) is 1. The van der Waals surface area contributed by atoms with Crippen LogP contribution in [0, 0.1) is 0 Å². The number of aryl methyl sites for hydroxylation is 1. The number of thiophene rings is 1. The zero-order chi connectivity index (χ0) is 12.6. The van der Waals surface area contributed by atoms with Crippen molar-refractivity contribution in [3.63, 3.8) is 0 Å². The molecule has 0 atom stereocenters. The summed E-state index contributed by atoms with van der Waals surface area (Å²) in [6.45, 7) is 1.89. The molecule has 0 spiro atoms. The summed E-state index contributed by atoms with van der Waals surface area (Å²) in [5.41, 5.74) is 0.623. The Morgan fingerprint density at radius 3 is 2.71 bits per heavy atom. The molecule has 3 nitrogen and oxygen atoms in total. The number of aromatic nitrogens is 1. The van der Waals surface area contributed by atoms with E-state index in [1.807, 2.05) is 13.0 Å². The van der Waals surface area contributed by atoms with Crippen molar-refractivity contribution in [3.8, 4) is 9.88 Å². The third-order valence-electron chi connectivity index (χ3n) is 2.08. The zero-order valence-corrected chi connectivity index (χ0v) is 12.6. The van der Waals surface area contributed by atoms with Gasteiger partial charge in [0.05, 0.1) is 10.6 Å². The number of carbonyl (C=O) groups is 1. The molecule has 0 aliphatic rings. The molecule has 17 heavy (non-hydrogen) atoms. The van der Waals surface area contributed by atoms with Crippen LogP contribution in [0.4, 0.5) is 0 Å². The molecule has 7 heteroatoms. The summed E-state index contributed by atoms with van der Waals surface area (Å²) in [6.07, 6.45) is 0.610. The molecule has 0 aliphatic heterocycles. The number of carboxylic acid groups (broad SMARTS) is 1. The summed E-state index contributed by atoms with van der Waals surface area (Å²) in [7, 11) is 0. The first-order valence-corrected chi connectivity index (χ1v) is 7.51. The fraction of sp³-hybridized carbons (Fsp3) is 0.200. The van der Waals surface area contributed by atoms with Crippen molar-refractivity contribution in [2.45, 2.75) is 13.3 Å².